The lowest BCUT2D eigenvalue weighted by Crippen LogP contribution is -2.44. The van der Waals surface area contributed by atoms with E-state index in [1.165, 1.54) is 6.92 Å². The molecule has 1 aliphatic rings. The minimum Gasteiger partial charge on any atom is -0.374 e. The van der Waals surface area contributed by atoms with Crippen LogP contribution in [0.2, 0.25) is 0 Å². The Morgan fingerprint density at radius 1 is 1.00 bits per heavy atom. The maximum absolute atomic E-state index is 14.8. The van der Waals surface area contributed by atoms with Crippen LogP contribution in [0.3, 0.4) is 0 Å². The molecule has 0 aliphatic carbocycles. The molecule has 1 unspecified atom stereocenters. The van der Waals surface area contributed by atoms with Crippen molar-refractivity contribution >= 4 is 0 Å². The van der Waals surface area contributed by atoms with Crippen LogP contribution in [0.25, 0.3) is 0 Å². The van der Waals surface area contributed by atoms with Gasteiger partial charge in [-0.1, -0.05) is 60.7 Å². The zero-order valence-electron chi connectivity index (χ0n) is 14.2. The maximum atomic E-state index is 14.8. The molecule has 4 atom stereocenters. The van der Waals surface area contributed by atoms with Crippen LogP contribution in [-0.4, -0.2) is 35.9 Å². The minimum absolute atomic E-state index is 0.144. The molecule has 3 rings (SSSR count). The smallest absolute Gasteiger partial charge is 0.192 e. The molecular formula is C20H23FO4. The normalized spacial score (nSPS) is 29.0. The molecule has 0 spiro atoms. The van der Waals surface area contributed by atoms with Crippen molar-refractivity contribution in [1.82, 2.24) is 0 Å². The van der Waals surface area contributed by atoms with Gasteiger partial charge in [-0.15, -0.1) is 0 Å². The minimum atomic E-state index is -1.99. The maximum Gasteiger partial charge on any atom is 0.192 e. The Hall–Kier alpha value is -1.79. The number of halogens is 1. The number of aliphatic hydroxyl groups is 1. The van der Waals surface area contributed by atoms with Crippen molar-refractivity contribution in [3.63, 3.8) is 0 Å². The number of alkyl halides is 1. The molecule has 1 aliphatic heterocycles. The van der Waals surface area contributed by atoms with Gasteiger partial charge >= 0.3 is 0 Å². The summed E-state index contributed by atoms with van der Waals surface area (Å²) in [6, 6.07) is 19.2. The number of benzene rings is 2. The van der Waals surface area contributed by atoms with Gasteiger partial charge in [0.25, 0.3) is 0 Å². The van der Waals surface area contributed by atoms with E-state index in [2.05, 4.69) is 0 Å². The summed E-state index contributed by atoms with van der Waals surface area (Å²) in [6.45, 7) is 2.08. The summed E-state index contributed by atoms with van der Waals surface area (Å²) in [6.07, 6.45) is -3.10. The van der Waals surface area contributed by atoms with E-state index in [0.29, 0.717) is 6.61 Å². The molecule has 0 bridgehead atoms. The van der Waals surface area contributed by atoms with Crippen molar-refractivity contribution in [2.75, 3.05) is 6.61 Å². The highest BCUT2D eigenvalue weighted by Gasteiger charge is 2.55. The monoisotopic (exact) mass is 346 g/mol. The second-order valence-corrected chi connectivity index (χ2v) is 6.40. The Morgan fingerprint density at radius 2 is 1.56 bits per heavy atom. The molecule has 1 saturated heterocycles. The average molecular weight is 346 g/mol. The number of ether oxygens (including phenoxy) is 3. The van der Waals surface area contributed by atoms with Crippen LogP contribution < -0.4 is 0 Å². The summed E-state index contributed by atoms with van der Waals surface area (Å²) in [4.78, 5) is 0. The first-order valence-electron chi connectivity index (χ1n) is 8.37. The molecule has 5 heteroatoms. The van der Waals surface area contributed by atoms with Gasteiger partial charge in [0, 0.05) is 0 Å². The highest BCUT2D eigenvalue weighted by Crippen LogP contribution is 2.36. The van der Waals surface area contributed by atoms with Crippen molar-refractivity contribution in [2.45, 2.75) is 44.3 Å². The fraction of sp³-hybridized carbons (Fsp3) is 0.400. The Balaban J connectivity index is 1.58. The molecular weight excluding hydrogens is 323 g/mol. The van der Waals surface area contributed by atoms with Crippen molar-refractivity contribution in [3.05, 3.63) is 71.8 Å². The first-order chi connectivity index (χ1) is 12.1. The Labute approximate surface area is 147 Å². The van der Waals surface area contributed by atoms with E-state index in [4.69, 9.17) is 14.2 Å². The summed E-state index contributed by atoms with van der Waals surface area (Å²) >= 11 is 0. The van der Waals surface area contributed by atoms with Crippen LogP contribution >= 0.6 is 0 Å². The van der Waals surface area contributed by atoms with Gasteiger partial charge in [-0.25, -0.2) is 4.39 Å². The lowest BCUT2D eigenvalue weighted by molar-refractivity contribution is -0.147. The quantitative estimate of drug-likeness (QED) is 0.836. The van der Waals surface area contributed by atoms with Crippen molar-refractivity contribution in [3.8, 4) is 0 Å². The van der Waals surface area contributed by atoms with E-state index < -0.39 is 24.2 Å². The average Bonchev–Trinajstić information content (AvgIpc) is 2.84. The third kappa shape index (κ3) is 4.44. The molecule has 0 radical (unpaired) electrons. The fourth-order valence-corrected chi connectivity index (χ4v) is 2.90. The highest BCUT2D eigenvalue weighted by atomic mass is 19.1. The van der Waals surface area contributed by atoms with E-state index in [1.807, 2.05) is 60.7 Å². The van der Waals surface area contributed by atoms with Crippen LogP contribution in [0, 0.1) is 0 Å². The van der Waals surface area contributed by atoms with E-state index in [1.54, 1.807) is 0 Å². The Kier molecular flexibility index (Phi) is 5.81. The molecule has 2 aromatic rings. The van der Waals surface area contributed by atoms with Crippen LogP contribution in [0.5, 0.6) is 0 Å². The van der Waals surface area contributed by atoms with Gasteiger partial charge in [-0.05, 0) is 18.1 Å². The van der Waals surface area contributed by atoms with E-state index >= 15 is 0 Å². The topological polar surface area (TPSA) is 47.9 Å². The third-order valence-electron chi connectivity index (χ3n) is 4.35. The summed E-state index contributed by atoms with van der Waals surface area (Å²) in [5, 5.41) is 9.88. The van der Waals surface area contributed by atoms with Gasteiger partial charge in [-0.2, -0.15) is 0 Å². The SMILES string of the molecule is C[C@]1(F)C(O)O[C@H](COCc2ccccc2)[C@H]1OCc1ccccc1. The predicted molar refractivity (Wildman–Crippen MR) is 91.5 cm³/mol. The number of rotatable bonds is 7. The van der Waals surface area contributed by atoms with Crippen LogP contribution in [0.1, 0.15) is 18.1 Å². The van der Waals surface area contributed by atoms with E-state index in [9.17, 15) is 9.50 Å². The third-order valence-corrected chi connectivity index (χ3v) is 4.35. The van der Waals surface area contributed by atoms with Gasteiger partial charge in [0.05, 0.1) is 19.8 Å². The lowest BCUT2D eigenvalue weighted by atomic mass is 9.99. The van der Waals surface area contributed by atoms with E-state index in [0.717, 1.165) is 11.1 Å². The largest absolute Gasteiger partial charge is 0.374 e. The van der Waals surface area contributed by atoms with Gasteiger partial charge < -0.3 is 19.3 Å². The van der Waals surface area contributed by atoms with E-state index in [-0.39, 0.29) is 13.2 Å². The van der Waals surface area contributed by atoms with Gasteiger partial charge in [0.1, 0.15) is 12.2 Å². The zero-order valence-corrected chi connectivity index (χ0v) is 14.2. The van der Waals surface area contributed by atoms with Crippen molar-refractivity contribution < 1.29 is 23.7 Å². The Morgan fingerprint density at radius 3 is 2.16 bits per heavy atom. The van der Waals surface area contributed by atoms with Gasteiger partial charge in [0.15, 0.2) is 12.0 Å². The summed E-state index contributed by atoms with van der Waals surface area (Å²) in [5.74, 6) is 0. The molecule has 1 fully saturated rings. The number of aliphatic hydroxyl groups excluding tert-OH is 1. The molecule has 1 heterocycles. The molecule has 0 amide bonds. The van der Waals surface area contributed by atoms with Crippen molar-refractivity contribution in [2.24, 2.45) is 0 Å². The molecule has 4 nitrogen and oxygen atoms in total. The molecule has 25 heavy (non-hydrogen) atoms. The predicted octanol–water partition coefficient (Wildman–Crippen LogP) is 3.23. The number of hydrogen-bond acceptors (Lipinski definition) is 4. The lowest BCUT2D eigenvalue weighted by Gasteiger charge is -2.26. The van der Waals surface area contributed by atoms with Crippen molar-refractivity contribution in [1.29, 1.82) is 0 Å². The molecule has 1 N–H and O–H groups in total. The summed E-state index contributed by atoms with van der Waals surface area (Å²) in [7, 11) is 0. The second kappa shape index (κ2) is 8.06. The molecule has 2 aromatic carbocycles. The highest BCUT2D eigenvalue weighted by molar-refractivity contribution is 5.14. The summed E-state index contributed by atoms with van der Waals surface area (Å²) in [5.41, 5.74) is -0.0373. The van der Waals surface area contributed by atoms with Crippen LogP contribution in [-0.2, 0) is 27.4 Å². The Bertz CT molecular complexity index is 647. The van der Waals surface area contributed by atoms with Gasteiger partial charge in [-0.3, -0.25) is 0 Å². The zero-order chi connectivity index (χ0) is 17.7. The molecule has 134 valence electrons. The standard InChI is InChI=1S/C20H23FO4/c1-20(21)18(24-13-16-10-6-3-7-11-16)17(25-19(20)22)14-23-12-15-8-4-2-5-9-15/h2-11,17-19,22H,12-14H2,1H3/t17-,18-,19?,20-/m1/s1. The van der Waals surface area contributed by atoms with Crippen LogP contribution in [0.15, 0.2) is 60.7 Å². The molecule has 0 aromatic heterocycles. The van der Waals surface area contributed by atoms with Gasteiger partial charge in [0.2, 0.25) is 0 Å². The second-order valence-electron chi connectivity index (χ2n) is 6.40. The summed E-state index contributed by atoms with van der Waals surface area (Å²) < 4.78 is 31.6. The molecule has 0 saturated carbocycles. The van der Waals surface area contributed by atoms with Crippen LogP contribution in [0.4, 0.5) is 4.39 Å². The first kappa shape index (κ1) is 18.0. The first-order valence-corrected chi connectivity index (χ1v) is 8.37. The fourth-order valence-electron chi connectivity index (χ4n) is 2.90. The number of hydrogen-bond donors (Lipinski definition) is 1.